The van der Waals surface area contributed by atoms with Crippen LogP contribution in [0.4, 0.5) is 35.1 Å². The number of rotatable bonds is 2. The Balaban J connectivity index is 0.00000324. The highest BCUT2D eigenvalue weighted by Crippen LogP contribution is 2.44. The largest absolute Gasteiger partial charge is 0.455 e. The zero-order valence-corrected chi connectivity index (χ0v) is 9.56. The van der Waals surface area contributed by atoms with Crippen LogP contribution in [-0.2, 0) is 0 Å². The van der Waals surface area contributed by atoms with Gasteiger partial charge in [0.15, 0.2) is 11.6 Å². The van der Waals surface area contributed by atoms with Gasteiger partial charge >= 0.3 is 12.1 Å². The average molecular weight is 316 g/mol. The van der Waals surface area contributed by atoms with Crippen LogP contribution in [0.5, 0.6) is 0 Å². The first-order valence-corrected chi connectivity index (χ1v) is 4.33. The second-order valence-electron chi connectivity index (χ2n) is 3.39. The molecule has 110 valence electrons. The molecule has 0 amide bonds. The summed E-state index contributed by atoms with van der Waals surface area (Å²) in [6.07, 6.45) is -6.07. The molecule has 10 heteroatoms. The molecule has 1 atom stereocenters. The molecule has 1 aromatic rings. The monoisotopic (exact) mass is 315 g/mol. The highest BCUT2D eigenvalue weighted by molar-refractivity contribution is 5.85. The first kappa shape index (κ1) is 17.9. The Bertz CT molecular complexity index is 458. The zero-order valence-electron chi connectivity index (χ0n) is 8.74. The van der Waals surface area contributed by atoms with E-state index in [-0.39, 0.29) is 24.5 Å². The second kappa shape index (κ2) is 5.49. The topological polar surface area (TPSA) is 26.0 Å². The lowest BCUT2D eigenvalue weighted by Crippen LogP contribution is -2.46. The zero-order chi connectivity index (χ0) is 14.3. The summed E-state index contributed by atoms with van der Waals surface area (Å²) in [5.74, 6) is -11.0. The van der Waals surface area contributed by atoms with Crippen LogP contribution < -0.4 is 5.73 Å². The smallest absolute Gasteiger partial charge is 0.319 e. The van der Waals surface area contributed by atoms with Gasteiger partial charge in [0.2, 0.25) is 0 Å². The van der Waals surface area contributed by atoms with Crippen molar-refractivity contribution in [1.29, 1.82) is 0 Å². The van der Waals surface area contributed by atoms with Crippen LogP contribution in [0.3, 0.4) is 0 Å². The van der Waals surface area contributed by atoms with Gasteiger partial charge in [0.1, 0.15) is 11.9 Å². The molecule has 0 heterocycles. The summed E-state index contributed by atoms with van der Waals surface area (Å²) >= 11 is 0. The molecule has 1 rings (SSSR count). The summed E-state index contributed by atoms with van der Waals surface area (Å²) in [7, 11) is 0. The van der Waals surface area contributed by atoms with Gasteiger partial charge in [0.25, 0.3) is 0 Å². The molecular formula is C9H6ClF8N. The Morgan fingerprint density at radius 1 is 0.947 bits per heavy atom. The van der Waals surface area contributed by atoms with Gasteiger partial charge < -0.3 is 5.73 Å². The minimum atomic E-state index is -6.07. The maximum absolute atomic E-state index is 13.0. The maximum atomic E-state index is 13.0. The van der Waals surface area contributed by atoms with Crippen molar-refractivity contribution in [3.63, 3.8) is 0 Å². The average Bonchev–Trinajstić information content (AvgIpc) is 2.20. The fourth-order valence-electron chi connectivity index (χ4n) is 1.17. The van der Waals surface area contributed by atoms with Crippen molar-refractivity contribution in [2.24, 2.45) is 5.73 Å². The van der Waals surface area contributed by atoms with E-state index in [4.69, 9.17) is 0 Å². The molecule has 0 fully saturated rings. The predicted octanol–water partition coefficient (Wildman–Crippen LogP) is 3.72. The fraction of sp³-hybridized carbons (Fsp3) is 0.333. The van der Waals surface area contributed by atoms with Gasteiger partial charge in [-0.2, -0.15) is 22.0 Å². The SMILES string of the molecule is Cl.N[C@@H](c1cc(F)cc(F)c1F)C(F)(F)C(F)(F)F. The number of hydrogen-bond donors (Lipinski definition) is 1. The van der Waals surface area contributed by atoms with Crippen molar-refractivity contribution in [3.8, 4) is 0 Å². The Morgan fingerprint density at radius 2 is 1.42 bits per heavy atom. The molecule has 0 aliphatic carbocycles. The van der Waals surface area contributed by atoms with Crippen molar-refractivity contribution in [2.45, 2.75) is 18.1 Å². The van der Waals surface area contributed by atoms with Crippen LogP contribution >= 0.6 is 12.4 Å². The molecule has 0 aliphatic heterocycles. The van der Waals surface area contributed by atoms with E-state index in [9.17, 15) is 35.1 Å². The third kappa shape index (κ3) is 3.27. The van der Waals surface area contributed by atoms with E-state index in [0.29, 0.717) is 0 Å². The number of alkyl halides is 5. The first-order chi connectivity index (χ1) is 7.98. The van der Waals surface area contributed by atoms with E-state index in [2.05, 4.69) is 5.73 Å². The van der Waals surface area contributed by atoms with Gasteiger partial charge in [-0.15, -0.1) is 12.4 Å². The number of halogens is 9. The number of benzene rings is 1. The van der Waals surface area contributed by atoms with Gasteiger partial charge in [0, 0.05) is 11.6 Å². The van der Waals surface area contributed by atoms with Crippen molar-refractivity contribution >= 4 is 12.4 Å². The summed E-state index contributed by atoms with van der Waals surface area (Å²) in [5, 5.41) is 0. The molecule has 0 aliphatic rings. The summed E-state index contributed by atoms with van der Waals surface area (Å²) < 4.78 is 99.9. The normalized spacial score (nSPS) is 13.9. The first-order valence-electron chi connectivity index (χ1n) is 4.33. The van der Waals surface area contributed by atoms with E-state index >= 15 is 0 Å². The van der Waals surface area contributed by atoms with Crippen molar-refractivity contribution in [2.75, 3.05) is 0 Å². The van der Waals surface area contributed by atoms with Gasteiger partial charge in [-0.25, -0.2) is 13.2 Å². The highest BCUT2D eigenvalue weighted by atomic mass is 35.5. The van der Waals surface area contributed by atoms with Crippen LogP contribution in [0.15, 0.2) is 12.1 Å². The molecule has 0 radical (unpaired) electrons. The van der Waals surface area contributed by atoms with Crippen molar-refractivity contribution in [3.05, 3.63) is 35.1 Å². The van der Waals surface area contributed by atoms with E-state index in [1.54, 1.807) is 0 Å². The lowest BCUT2D eigenvalue weighted by molar-refractivity contribution is -0.291. The molecule has 0 unspecified atom stereocenters. The highest BCUT2D eigenvalue weighted by Gasteiger charge is 2.62. The molecule has 2 N–H and O–H groups in total. The summed E-state index contributed by atoms with van der Waals surface area (Å²) in [6.45, 7) is 0. The van der Waals surface area contributed by atoms with Crippen LogP contribution in [-0.4, -0.2) is 12.1 Å². The van der Waals surface area contributed by atoms with Crippen LogP contribution in [0, 0.1) is 17.5 Å². The fourth-order valence-corrected chi connectivity index (χ4v) is 1.17. The summed E-state index contributed by atoms with van der Waals surface area (Å²) in [6, 6.07) is -3.26. The van der Waals surface area contributed by atoms with Gasteiger partial charge in [0.05, 0.1) is 0 Å². The molecule has 0 saturated carbocycles. The third-order valence-electron chi connectivity index (χ3n) is 2.12. The van der Waals surface area contributed by atoms with E-state index in [1.807, 2.05) is 0 Å². The Labute approximate surface area is 107 Å². The van der Waals surface area contributed by atoms with Crippen LogP contribution in [0.2, 0.25) is 0 Å². The Kier molecular flexibility index (Phi) is 5.18. The minimum absolute atomic E-state index is 0. The number of hydrogen-bond acceptors (Lipinski definition) is 1. The predicted molar refractivity (Wildman–Crippen MR) is 51.5 cm³/mol. The minimum Gasteiger partial charge on any atom is -0.319 e. The maximum Gasteiger partial charge on any atom is 0.455 e. The quantitative estimate of drug-likeness (QED) is 0.653. The van der Waals surface area contributed by atoms with E-state index < -0.39 is 41.2 Å². The molecule has 0 spiro atoms. The van der Waals surface area contributed by atoms with Gasteiger partial charge in [-0.3, -0.25) is 0 Å². The lowest BCUT2D eigenvalue weighted by atomic mass is 10.00. The molecule has 1 nitrogen and oxygen atoms in total. The molecule has 19 heavy (non-hydrogen) atoms. The van der Waals surface area contributed by atoms with Gasteiger partial charge in [-0.1, -0.05) is 0 Å². The van der Waals surface area contributed by atoms with Crippen LogP contribution in [0.25, 0.3) is 0 Å². The second-order valence-corrected chi connectivity index (χ2v) is 3.39. The van der Waals surface area contributed by atoms with E-state index in [1.165, 1.54) is 0 Å². The van der Waals surface area contributed by atoms with Gasteiger partial charge in [-0.05, 0) is 6.07 Å². The summed E-state index contributed by atoms with van der Waals surface area (Å²) in [5.41, 5.74) is 2.97. The Hall–Kier alpha value is -1.09. The van der Waals surface area contributed by atoms with E-state index in [0.717, 1.165) is 0 Å². The standard InChI is InChI=1S/C9H5F8N.ClH/c10-3-1-4(6(12)5(11)2-3)7(18)8(13,14)9(15,16)17;/h1-2,7H,18H2;1H/t7-;/m0./s1. The molecule has 0 saturated heterocycles. The molecular weight excluding hydrogens is 310 g/mol. The molecule has 0 bridgehead atoms. The van der Waals surface area contributed by atoms with Crippen molar-refractivity contribution < 1.29 is 35.1 Å². The third-order valence-corrected chi connectivity index (χ3v) is 2.12. The van der Waals surface area contributed by atoms with Crippen molar-refractivity contribution in [1.82, 2.24) is 0 Å². The molecule has 0 aromatic heterocycles. The Morgan fingerprint density at radius 3 is 1.84 bits per heavy atom. The molecule has 1 aromatic carbocycles. The number of nitrogens with two attached hydrogens (primary N) is 1. The lowest BCUT2D eigenvalue weighted by Gasteiger charge is -2.26. The summed E-state index contributed by atoms with van der Waals surface area (Å²) in [4.78, 5) is 0. The van der Waals surface area contributed by atoms with Crippen LogP contribution in [0.1, 0.15) is 11.6 Å².